The molecule has 0 saturated heterocycles. The van der Waals surface area contributed by atoms with Crippen molar-refractivity contribution in [2.75, 3.05) is 11.9 Å². The van der Waals surface area contributed by atoms with Crippen molar-refractivity contribution >= 4 is 23.7 Å². The highest BCUT2D eigenvalue weighted by Gasteiger charge is 2.36. The standard InChI is InChI=1S/C13H11N5O3/c19-9(17-13-15-5-6-16-13)3-7-18-11(20)8-2-1-4-14-10(8)12(18)21/h1-2,4-6H,3,7H2,(H2,15,16,17,19). The zero-order valence-corrected chi connectivity index (χ0v) is 10.9. The molecule has 21 heavy (non-hydrogen) atoms. The van der Waals surface area contributed by atoms with Gasteiger partial charge in [-0.1, -0.05) is 0 Å². The molecule has 0 aromatic carbocycles. The normalized spacial score (nSPS) is 13.4. The number of imidazole rings is 1. The van der Waals surface area contributed by atoms with Gasteiger partial charge in [-0.05, 0) is 12.1 Å². The van der Waals surface area contributed by atoms with Crippen LogP contribution in [0.15, 0.2) is 30.7 Å². The Labute approximate surface area is 119 Å². The van der Waals surface area contributed by atoms with Crippen molar-refractivity contribution in [3.05, 3.63) is 42.0 Å². The summed E-state index contributed by atoms with van der Waals surface area (Å²) >= 11 is 0. The fourth-order valence-electron chi connectivity index (χ4n) is 2.06. The van der Waals surface area contributed by atoms with Gasteiger partial charge >= 0.3 is 0 Å². The molecular weight excluding hydrogens is 274 g/mol. The number of fused-ring (bicyclic) bond motifs is 1. The smallest absolute Gasteiger partial charge is 0.280 e. The summed E-state index contributed by atoms with van der Waals surface area (Å²) in [6.45, 7) is 0.000564. The van der Waals surface area contributed by atoms with Gasteiger partial charge in [-0.25, -0.2) is 4.98 Å². The van der Waals surface area contributed by atoms with Crippen molar-refractivity contribution in [2.24, 2.45) is 0 Å². The van der Waals surface area contributed by atoms with Crippen LogP contribution in [0, 0.1) is 0 Å². The predicted octanol–water partition coefficient (Wildman–Crippen LogP) is 0.429. The first kappa shape index (κ1) is 13.0. The van der Waals surface area contributed by atoms with Gasteiger partial charge in [-0.3, -0.25) is 29.6 Å². The summed E-state index contributed by atoms with van der Waals surface area (Å²) in [6, 6.07) is 3.14. The maximum absolute atomic E-state index is 12.1. The van der Waals surface area contributed by atoms with Crippen LogP contribution in [0.1, 0.15) is 27.3 Å². The molecule has 0 spiro atoms. The van der Waals surface area contributed by atoms with Crippen molar-refractivity contribution in [3.63, 3.8) is 0 Å². The van der Waals surface area contributed by atoms with Crippen LogP contribution < -0.4 is 5.32 Å². The third-order valence-corrected chi connectivity index (χ3v) is 3.05. The highest BCUT2D eigenvalue weighted by Crippen LogP contribution is 2.20. The molecule has 3 amide bonds. The Bertz CT molecular complexity index is 675. The molecule has 8 nitrogen and oxygen atoms in total. The van der Waals surface area contributed by atoms with E-state index < -0.39 is 11.8 Å². The molecular formula is C13H11N5O3. The fourth-order valence-corrected chi connectivity index (χ4v) is 2.06. The number of nitrogens with one attached hydrogen (secondary N) is 2. The van der Waals surface area contributed by atoms with Gasteiger partial charge < -0.3 is 4.98 Å². The first-order valence-corrected chi connectivity index (χ1v) is 6.27. The van der Waals surface area contributed by atoms with Crippen LogP contribution in [0.3, 0.4) is 0 Å². The summed E-state index contributed by atoms with van der Waals surface area (Å²) in [4.78, 5) is 47.3. The number of imide groups is 1. The van der Waals surface area contributed by atoms with Crippen LogP contribution >= 0.6 is 0 Å². The number of nitrogens with zero attached hydrogens (tertiary/aromatic N) is 3. The molecule has 0 fully saturated rings. The van der Waals surface area contributed by atoms with Crippen molar-refractivity contribution in [2.45, 2.75) is 6.42 Å². The lowest BCUT2D eigenvalue weighted by molar-refractivity contribution is -0.116. The van der Waals surface area contributed by atoms with E-state index in [2.05, 4.69) is 20.3 Å². The monoisotopic (exact) mass is 285 g/mol. The maximum Gasteiger partial charge on any atom is 0.280 e. The zero-order chi connectivity index (χ0) is 14.8. The second kappa shape index (κ2) is 5.16. The lowest BCUT2D eigenvalue weighted by atomic mass is 10.2. The number of amides is 3. The molecule has 3 rings (SSSR count). The molecule has 0 atom stereocenters. The molecule has 2 aromatic rings. The molecule has 2 aromatic heterocycles. The van der Waals surface area contributed by atoms with E-state index in [-0.39, 0.29) is 30.1 Å². The largest absolute Gasteiger partial charge is 0.331 e. The van der Waals surface area contributed by atoms with E-state index in [1.165, 1.54) is 12.4 Å². The summed E-state index contributed by atoms with van der Waals surface area (Å²) in [5.41, 5.74) is 0.405. The van der Waals surface area contributed by atoms with Crippen molar-refractivity contribution < 1.29 is 14.4 Å². The average molecular weight is 285 g/mol. The molecule has 0 radical (unpaired) electrons. The number of rotatable bonds is 4. The Morgan fingerprint density at radius 1 is 1.24 bits per heavy atom. The molecule has 0 unspecified atom stereocenters. The van der Waals surface area contributed by atoms with E-state index in [1.807, 2.05) is 0 Å². The Balaban J connectivity index is 1.63. The summed E-state index contributed by atoms with van der Waals surface area (Å²) in [7, 11) is 0. The molecule has 8 heteroatoms. The Kier molecular flexibility index (Phi) is 3.19. The Morgan fingerprint density at radius 2 is 2.10 bits per heavy atom. The van der Waals surface area contributed by atoms with Crippen LogP contribution in [-0.4, -0.2) is 44.1 Å². The summed E-state index contributed by atoms with van der Waals surface area (Å²) in [5.74, 6) is -0.909. The summed E-state index contributed by atoms with van der Waals surface area (Å²) in [6.07, 6.45) is 4.53. The lowest BCUT2D eigenvalue weighted by Crippen LogP contribution is -2.33. The minimum Gasteiger partial charge on any atom is -0.331 e. The van der Waals surface area contributed by atoms with Gasteiger partial charge in [0, 0.05) is 31.6 Å². The van der Waals surface area contributed by atoms with Crippen molar-refractivity contribution in [3.8, 4) is 0 Å². The molecule has 106 valence electrons. The number of aromatic amines is 1. The molecule has 1 aliphatic rings. The number of aromatic nitrogens is 3. The van der Waals surface area contributed by atoms with Gasteiger partial charge in [0.1, 0.15) is 5.69 Å². The fraction of sp³-hybridized carbons (Fsp3) is 0.154. The van der Waals surface area contributed by atoms with E-state index in [1.54, 1.807) is 18.3 Å². The van der Waals surface area contributed by atoms with E-state index >= 15 is 0 Å². The SMILES string of the molecule is O=C(CCN1C(=O)c2cccnc2C1=O)Nc1ncc[nH]1. The van der Waals surface area contributed by atoms with Gasteiger partial charge in [0.05, 0.1) is 5.56 Å². The van der Waals surface area contributed by atoms with E-state index in [4.69, 9.17) is 0 Å². The van der Waals surface area contributed by atoms with E-state index in [0.717, 1.165) is 4.90 Å². The van der Waals surface area contributed by atoms with E-state index in [9.17, 15) is 14.4 Å². The van der Waals surface area contributed by atoms with Crippen LogP contribution in [0.5, 0.6) is 0 Å². The van der Waals surface area contributed by atoms with Crippen LogP contribution in [0.2, 0.25) is 0 Å². The summed E-state index contributed by atoms with van der Waals surface area (Å²) < 4.78 is 0. The average Bonchev–Trinajstić information content (AvgIpc) is 3.07. The molecule has 0 bridgehead atoms. The minimum absolute atomic E-state index is 0.000564. The minimum atomic E-state index is -0.471. The Hall–Kier alpha value is -3.03. The van der Waals surface area contributed by atoms with Crippen molar-refractivity contribution in [1.82, 2.24) is 19.9 Å². The highest BCUT2D eigenvalue weighted by molar-refractivity contribution is 6.20. The van der Waals surface area contributed by atoms with Gasteiger partial charge in [0.2, 0.25) is 11.9 Å². The number of hydrogen-bond acceptors (Lipinski definition) is 5. The second-order valence-electron chi connectivity index (χ2n) is 4.40. The summed E-state index contributed by atoms with van der Waals surface area (Å²) in [5, 5.41) is 2.53. The number of H-pyrrole nitrogens is 1. The van der Waals surface area contributed by atoms with Crippen LogP contribution in [-0.2, 0) is 4.79 Å². The second-order valence-corrected chi connectivity index (χ2v) is 4.40. The number of carbonyl (C=O) groups is 3. The van der Waals surface area contributed by atoms with Gasteiger partial charge in [0.25, 0.3) is 11.8 Å². The lowest BCUT2D eigenvalue weighted by Gasteiger charge is -2.12. The maximum atomic E-state index is 12.1. The molecule has 3 heterocycles. The van der Waals surface area contributed by atoms with E-state index in [0.29, 0.717) is 5.95 Å². The zero-order valence-electron chi connectivity index (χ0n) is 10.9. The first-order chi connectivity index (χ1) is 10.2. The number of pyridine rings is 1. The van der Waals surface area contributed by atoms with Gasteiger partial charge in [-0.2, -0.15) is 0 Å². The van der Waals surface area contributed by atoms with Crippen LogP contribution in [0.25, 0.3) is 0 Å². The predicted molar refractivity (Wildman–Crippen MR) is 71.4 cm³/mol. The molecule has 0 aliphatic carbocycles. The number of anilines is 1. The first-order valence-electron chi connectivity index (χ1n) is 6.27. The quantitative estimate of drug-likeness (QED) is 0.792. The third-order valence-electron chi connectivity index (χ3n) is 3.05. The molecule has 2 N–H and O–H groups in total. The highest BCUT2D eigenvalue weighted by atomic mass is 16.2. The molecule has 1 aliphatic heterocycles. The number of hydrogen-bond donors (Lipinski definition) is 2. The van der Waals surface area contributed by atoms with Gasteiger partial charge in [0.15, 0.2) is 0 Å². The Morgan fingerprint density at radius 3 is 2.81 bits per heavy atom. The van der Waals surface area contributed by atoms with Gasteiger partial charge in [-0.15, -0.1) is 0 Å². The topological polar surface area (TPSA) is 108 Å². The third kappa shape index (κ3) is 2.38. The number of carbonyl (C=O) groups excluding carboxylic acids is 3. The molecule has 0 saturated carbocycles. The van der Waals surface area contributed by atoms with Crippen LogP contribution in [0.4, 0.5) is 5.95 Å². The van der Waals surface area contributed by atoms with Crippen molar-refractivity contribution in [1.29, 1.82) is 0 Å².